The Morgan fingerprint density at radius 2 is 1.55 bits per heavy atom. The first-order valence-electron chi connectivity index (χ1n) is 13.0. The maximum absolute atomic E-state index is 13.5. The van der Waals surface area contributed by atoms with Gasteiger partial charge in [0.15, 0.2) is 0 Å². The van der Waals surface area contributed by atoms with Crippen LogP contribution in [0.3, 0.4) is 0 Å². The molecule has 4 aliphatic rings. The lowest BCUT2D eigenvalue weighted by Crippen LogP contribution is -2.70. The van der Waals surface area contributed by atoms with Crippen LogP contribution in [0.5, 0.6) is 0 Å². The highest BCUT2D eigenvalue weighted by atomic mass is 16.2. The average Bonchev–Trinajstić information content (AvgIpc) is 2.61. The van der Waals surface area contributed by atoms with E-state index >= 15 is 0 Å². The molecule has 1 amide bonds. The van der Waals surface area contributed by atoms with Crippen LogP contribution in [0.2, 0.25) is 0 Å². The van der Waals surface area contributed by atoms with E-state index in [1.54, 1.807) is 0 Å². The zero-order valence-electron chi connectivity index (χ0n) is 21.8. The fourth-order valence-corrected chi connectivity index (χ4v) is 8.04. The van der Waals surface area contributed by atoms with Crippen molar-refractivity contribution in [1.82, 2.24) is 14.7 Å². The largest absolute Gasteiger partial charge is 0.342 e. The predicted molar refractivity (Wildman–Crippen MR) is 129 cm³/mol. The standard InChI is InChI=1S/C27H49N3O/c1-20-13-26(14-20)9-11-29(12-10-26)23(31)24(4,5)17-25(6,7)30-18-27(19-30)15-22(3)28(8)16-21(27)2/h20-22H,9-19H2,1-8H3. The number of hydrogen-bond donors (Lipinski definition) is 0. The highest BCUT2D eigenvalue weighted by Gasteiger charge is 2.55. The van der Waals surface area contributed by atoms with Crippen LogP contribution in [-0.2, 0) is 4.79 Å². The van der Waals surface area contributed by atoms with Crippen molar-refractivity contribution in [2.24, 2.45) is 28.1 Å². The predicted octanol–water partition coefficient (Wildman–Crippen LogP) is 4.88. The third-order valence-electron chi connectivity index (χ3n) is 10.1. The van der Waals surface area contributed by atoms with Crippen LogP contribution in [0.15, 0.2) is 0 Å². The number of carbonyl (C=O) groups excluding carboxylic acids is 1. The highest BCUT2D eigenvalue weighted by Crippen LogP contribution is 2.53. The maximum Gasteiger partial charge on any atom is 0.228 e. The van der Waals surface area contributed by atoms with Crippen LogP contribution in [0.1, 0.15) is 87.0 Å². The number of rotatable bonds is 4. The number of piperidine rings is 2. The molecule has 178 valence electrons. The third kappa shape index (κ3) is 4.21. The Balaban J connectivity index is 1.33. The molecule has 4 rings (SSSR count). The van der Waals surface area contributed by atoms with Crippen LogP contribution < -0.4 is 0 Å². The summed E-state index contributed by atoms with van der Waals surface area (Å²) >= 11 is 0. The minimum Gasteiger partial charge on any atom is -0.342 e. The minimum atomic E-state index is -0.296. The fraction of sp³-hybridized carbons (Fsp3) is 0.963. The summed E-state index contributed by atoms with van der Waals surface area (Å²) in [5.41, 5.74) is 0.832. The third-order valence-corrected chi connectivity index (χ3v) is 10.1. The highest BCUT2D eigenvalue weighted by molar-refractivity contribution is 5.82. The number of amides is 1. The van der Waals surface area contributed by atoms with E-state index in [2.05, 4.69) is 70.2 Å². The molecule has 2 unspecified atom stereocenters. The van der Waals surface area contributed by atoms with Crippen molar-refractivity contribution in [3.63, 3.8) is 0 Å². The quantitative estimate of drug-likeness (QED) is 0.634. The van der Waals surface area contributed by atoms with Crippen molar-refractivity contribution < 1.29 is 4.79 Å². The molecule has 3 saturated heterocycles. The van der Waals surface area contributed by atoms with Crippen molar-refractivity contribution in [2.75, 3.05) is 39.8 Å². The zero-order chi connectivity index (χ0) is 22.8. The number of hydrogen-bond acceptors (Lipinski definition) is 3. The van der Waals surface area contributed by atoms with Crippen LogP contribution in [-0.4, -0.2) is 72.0 Å². The van der Waals surface area contributed by atoms with Gasteiger partial charge in [-0.1, -0.05) is 27.7 Å². The lowest BCUT2D eigenvalue weighted by Gasteiger charge is -2.63. The number of carbonyl (C=O) groups is 1. The maximum atomic E-state index is 13.5. The van der Waals surface area contributed by atoms with E-state index in [0.29, 0.717) is 22.8 Å². The van der Waals surface area contributed by atoms with Crippen molar-refractivity contribution in [3.8, 4) is 0 Å². The summed E-state index contributed by atoms with van der Waals surface area (Å²) in [5, 5.41) is 0. The summed E-state index contributed by atoms with van der Waals surface area (Å²) in [6.45, 7) is 21.9. The van der Waals surface area contributed by atoms with Gasteiger partial charge in [0.1, 0.15) is 0 Å². The molecule has 31 heavy (non-hydrogen) atoms. The monoisotopic (exact) mass is 431 g/mol. The Labute approximate surface area is 192 Å². The van der Waals surface area contributed by atoms with Crippen molar-refractivity contribution in [1.29, 1.82) is 0 Å². The van der Waals surface area contributed by atoms with Crippen molar-refractivity contribution >= 4 is 5.91 Å². The van der Waals surface area contributed by atoms with Crippen molar-refractivity contribution in [3.05, 3.63) is 0 Å². The molecule has 1 saturated carbocycles. The fourth-order valence-electron chi connectivity index (χ4n) is 8.04. The molecule has 0 radical (unpaired) electrons. The van der Waals surface area contributed by atoms with Gasteiger partial charge in [-0.05, 0) is 83.6 Å². The van der Waals surface area contributed by atoms with E-state index in [4.69, 9.17) is 0 Å². The summed E-state index contributed by atoms with van der Waals surface area (Å²) in [6.07, 6.45) is 7.47. The lowest BCUT2D eigenvalue weighted by molar-refractivity contribution is -0.155. The van der Waals surface area contributed by atoms with Gasteiger partial charge in [0, 0.05) is 55.1 Å². The second-order valence-corrected chi connectivity index (χ2v) is 13.8. The molecule has 0 aromatic heterocycles. The topological polar surface area (TPSA) is 26.8 Å². The molecule has 4 fully saturated rings. The Kier molecular flexibility index (Phi) is 5.86. The molecular weight excluding hydrogens is 382 g/mol. The van der Waals surface area contributed by atoms with E-state index < -0.39 is 0 Å². The van der Waals surface area contributed by atoms with Gasteiger partial charge < -0.3 is 9.80 Å². The molecule has 0 N–H and O–H groups in total. The smallest absolute Gasteiger partial charge is 0.228 e. The van der Waals surface area contributed by atoms with Crippen molar-refractivity contribution in [2.45, 2.75) is 98.6 Å². The first-order valence-corrected chi connectivity index (χ1v) is 13.0. The molecule has 0 aromatic carbocycles. The van der Waals surface area contributed by atoms with Gasteiger partial charge in [0.05, 0.1) is 0 Å². The van der Waals surface area contributed by atoms with Gasteiger partial charge in [-0.25, -0.2) is 0 Å². The molecule has 2 spiro atoms. The van der Waals surface area contributed by atoms with E-state index in [0.717, 1.165) is 31.3 Å². The molecule has 2 atom stereocenters. The second kappa shape index (κ2) is 7.72. The van der Waals surface area contributed by atoms with Gasteiger partial charge in [0.2, 0.25) is 5.91 Å². The molecule has 0 aromatic rings. The van der Waals surface area contributed by atoms with E-state index in [1.165, 1.54) is 51.7 Å². The Bertz CT molecular complexity index is 677. The van der Waals surface area contributed by atoms with Crippen LogP contribution in [0.25, 0.3) is 0 Å². The van der Waals surface area contributed by atoms with E-state index in [9.17, 15) is 4.79 Å². The average molecular weight is 432 g/mol. The summed E-state index contributed by atoms with van der Waals surface area (Å²) < 4.78 is 0. The lowest BCUT2D eigenvalue weighted by atomic mass is 9.58. The van der Waals surface area contributed by atoms with Gasteiger partial charge in [-0.2, -0.15) is 0 Å². The van der Waals surface area contributed by atoms with Crippen LogP contribution in [0.4, 0.5) is 0 Å². The van der Waals surface area contributed by atoms with Gasteiger partial charge in [-0.15, -0.1) is 0 Å². The van der Waals surface area contributed by atoms with Crippen LogP contribution in [0, 0.1) is 28.1 Å². The minimum absolute atomic E-state index is 0.0666. The Morgan fingerprint density at radius 3 is 2.10 bits per heavy atom. The molecule has 3 aliphatic heterocycles. The number of likely N-dealkylation sites (tertiary alicyclic amines) is 3. The normalized spacial score (nSPS) is 32.2. The van der Waals surface area contributed by atoms with Gasteiger partial charge in [-0.3, -0.25) is 9.69 Å². The van der Waals surface area contributed by atoms with Gasteiger partial charge >= 0.3 is 0 Å². The second-order valence-electron chi connectivity index (χ2n) is 13.8. The Hall–Kier alpha value is -0.610. The molecule has 3 heterocycles. The number of nitrogens with zero attached hydrogens (tertiary/aromatic N) is 3. The Morgan fingerprint density at radius 1 is 0.968 bits per heavy atom. The first kappa shape index (κ1) is 23.5. The molecule has 1 aliphatic carbocycles. The van der Waals surface area contributed by atoms with E-state index in [-0.39, 0.29) is 11.0 Å². The van der Waals surface area contributed by atoms with Crippen LogP contribution >= 0.6 is 0 Å². The first-order chi connectivity index (χ1) is 14.3. The zero-order valence-corrected chi connectivity index (χ0v) is 21.8. The molecule has 0 bridgehead atoms. The van der Waals surface area contributed by atoms with E-state index in [1.807, 2.05) is 0 Å². The summed E-state index contributed by atoms with van der Waals surface area (Å²) in [5.74, 6) is 2.04. The summed E-state index contributed by atoms with van der Waals surface area (Å²) in [4.78, 5) is 20.9. The van der Waals surface area contributed by atoms with Gasteiger partial charge in [0.25, 0.3) is 0 Å². The summed E-state index contributed by atoms with van der Waals surface area (Å²) in [7, 11) is 2.27. The molecule has 4 heteroatoms. The SMILES string of the molecule is CC1CC2(CCN(C(=O)C(C)(C)CC(C)(C)N3CC4(CC(C)N(C)CC4C)C3)CC2)C1. The molecule has 4 nitrogen and oxygen atoms in total. The molecular formula is C27H49N3O. The summed E-state index contributed by atoms with van der Waals surface area (Å²) in [6, 6.07) is 0.681.